The number of fused-ring (bicyclic) bond motifs is 2. The van der Waals surface area contributed by atoms with Gasteiger partial charge in [-0.1, -0.05) is 9.24 Å². The van der Waals surface area contributed by atoms with Gasteiger partial charge in [-0.2, -0.15) is 14.0 Å². The first kappa shape index (κ1) is 21.7. The Labute approximate surface area is 196 Å². The third-order valence-corrected chi connectivity index (χ3v) is 8.19. The fourth-order valence-corrected chi connectivity index (χ4v) is 6.05. The Kier molecular flexibility index (Phi) is 4.70. The minimum Gasteiger partial charge on any atom is -0.492 e. The van der Waals surface area contributed by atoms with E-state index < -0.39 is 17.5 Å². The average molecular weight is 487 g/mol. The van der Waals surface area contributed by atoms with Crippen LogP contribution in [0.25, 0.3) is 5.65 Å². The first-order valence-electron chi connectivity index (χ1n) is 11.6. The number of alkyl halides is 2. The van der Waals surface area contributed by atoms with E-state index in [1.54, 1.807) is 11.1 Å². The molecule has 8 nitrogen and oxygen atoms in total. The molecule has 1 saturated heterocycles. The van der Waals surface area contributed by atoms with Gasteiger partial charge in [-0.15, -0.1) is 0 Å². The van der Waals surface area contributed by atoms with E-state index in [1.165, 1.54) is 20.2 Å². The van der Waals surface area contributed by atoms with Gasteiger partial charge in [0.1, 0.15) is 12.2 Å². The third-order valence-electron chi connectivity index (χ3n) is 7.88. The molecule has 3 aliphatic carbocycles. The molecule has 0 radical (unpaired) electrons. The molecule has 11 heteroatoms. The van der Waals surface area contributed by atoms with Crippen LogP contribution >= 0.6 is 9.24 Å². The van der Waals surface area contributed by atoms with Crippen molar-refractivity contribution >= 4 is 26.7 Å². The quantitative estimate of drug-likeness (QED) is 0.669. The van der Waals surface area contributed by atoms with E-state index >= 15 is 0 Å². The number of amides is 2. The van der Waals surface area contributed by atoms with E-state index in [2.05, 4.69) is 11.1 Å². The van der Waals surface area contributed by atoms with Crippen molar-refractivity contribution in [3.05, 3.63) is 29.1 Å². The van der Waals surface area contributed by atoms with Gasteiger partial charge in [0.2, 0.25) is 11.8 Å². The smallest absolute Gasteiger partial charge is 0.287 e. The molecule has 6 rings (SSSR count). The summed E-state index contributed by atoms with van der Waals surface area (Å²) in [6, 6.07) is 3.81. The first-order chi connectivity index (χ1) is 16.2. The predicted molar refractivity (Wildman–Crippen MR) is 119 cm³/mol. The molecule has 3 heterocycles. The number of hydrogen-bond acceptors (Lipinski definition) is 5. The van der Waals surface area contributed by atoms with E-state index in [4.69, 9.17) is 5.26 Å². The highest BCUT2D eigenvalue weighted by Crippen LogP contribution is 2.58. The molecule has 3 unspecified atom stereocenters. The van der Waals surface area contributed by atoms with Gasteiger partial charge in [0.25, 0.3) is 11.6 Å². The van der Waals surface area contributed by atoms with Crippen molar-refractivity contribution in [1.82, 2.24) is 19.2 Å². The summed E-state index contributed by atoms with van der Waals surface area (Å²) in [6.45, 7) is 0.478. The van der Waals surface area contributed by atoms with Crippen molar-refractivity contribution in [2.75, 3.05) is 19.6 Å². The summed E-state index contributed by atoms with van der Waals surface area (Å²) >= 11 is 0. The Bertz CT molecular complexity index is 1250. The van der Waals surface area contributed by atoms with Crippen LogP contribution in [-0.2, 0) is 10.5 Å². The molecule has 2 aromatic rings. The van der Waals surface area contributed by atoms with Crippen LogP contribution in [-0.4, -0.2) is 61.8 Å². The minimum atomic E-state index is -3.28. The van der Waals surface area contributed by atoms with Gasteiger partial charge in [0, 0.05) is 25.3 Å². The van der Waals surface area contributed by atoms with E-state index in [0.29, 0.717) is 23.9 Å². The molecular formula is C23H24F2N5O3P. The molecule has 3 atom stereocenters. The van der Waals surface area contributed by atoms with Crippen molar-refractivity contribution in [1.29, 1.82) is 5.26 Å². The summed E-state index contributed by atoms with van der Waals surface area (Å²) in [5.74, 6) is -0.302. The number of carbonyl (C=O) groups is 2. The summed E-state index contributed by atoms with van der Waals surface area (Å²) < 4.78 is 29.8. The maximum Gasteiger partial charge on any atom is 0.287 e. The lowest BCUT2D eigenvalue weighted by molar-refractivity contribution is -0.137. The molecule has 178 valence electrons. The lowest BCUT2D eigenvalue weighted by atomic mass is 10.1. The summed E-state index contributed by atoms with van der Waals surface area (Å²) in [6.07, 6.45) is 4.99. The van der Waals surface area contributed by atoms with Crippen LogP contribution in [0.2, 0.25) is 0 Å². The maximum absolute atomic E-state index is 14.3. The minimum absolute atomic E-state index is 0.0978. The highest BCUT2D eigenvalue weighted by atomic mass is 31.0. The van der Waals surface area contributed by atoms with Crippen LogP contribution in [0.15, 0.2) is 12.3 Å². The molecule has 0 bridgehead atoms. The number of aromatic hydroxyl groups is 1. The summed E-state index contributed by atoms with van der Waals surface area (Å²) in [5.41, 5.74) is -3.48. The molecule has 1 aliphatic heterocycles. The van der Waals surface area contributed by atoms with Crippen LogP contribution in [0.4, 0.5) is 8.78 Å². The Hall–Kier alpha value is -2.79. The van der Waals surface area contributed by atoms with Gasteiger partial charge in [0.15, 0.2) is 5.69 Å². The molecule has 1 N–H and O–H groups in total. The van der Waals surface area contributed by atoms with Crippen molar-refractivity contribution in [2.24, 2.45) is 17.8 Å². The summed E-state index contributed by atoms with van der Waals surface area (Å²) in [5, 5.41) is 19.9. The van der Waals surface area contributed by atoms with E-state index in [0.717, 1.165) is 30.1 Å². The fourth-order valence-electron chi connectivity index (χ4n) is 5.84. The molecule has 3 saturated carbocycles. The Morgan fingerprint density at radius 2 is 1.97 bits per heavy atom. The number of pyridine rings is 1. The predicted octanol–water partition coefficient (Wildman–Crippen LogP) is 2.67. The second kappa shape index (κ2) is 7.35. The highest BCUT2D eigenvalue weighted by molar-refractivity contribution is 7.17. The highest BCUT2D eigenvalue weighted by Gasteiger charge is 2.58. The fraction of sp³-hybridized carbons (Fsp3) is 0.565. The second-order valence-electron chi connectivity index (χ2n) is 9.98. The van der Waals surface area contributed by atoms with Crippen LogP contribution in [0.5, 0.6) is 5.88 Å². The van der Waals surface area contributed by atoms with Gasteiger partial charge in [0.05, 0.1) is 17.6 Å². The van der Waals surface area contributed by atoms with Crippen molar-refractivity contribution in [3.63, 3.8) is 0 Å². The second-order valence-corrected chi connectivity index (χ2v) is 10.7. The van der Waals surface area contributed by atoms with Crippen LogP contribution in [0.1, 0.15) is 53.2 Å². The van der Waals surface area contributed by atoms with E-state index in [9.17, 15) is 23.5 Å². The summed E-state index contributed by atoms with van der Waals surface area (Å²) in [4.78, 5) is 33.2. The molecule has 0 aromatic carbocycles. The summed E-state index contributed by atoms with van der Waals surface area (Å²) in [7, 11) is 1.49. The Morgan fingerprint density at radius 3 is 2.56 bits per heavy atom. The number of rotatable bonds is 4. The lowest BCUT2D eigenvalue weighted by Crippen LogP contribution is -2.55. The molecule has 34 heavy (non-hydrogen) atoms. The van der Waals surface area contributed by atoms with Gasteiger partial charge in [-0.3, -0.25) is 14.0 Å². The number of hydrogen-bond donors (Lipinski definition) is 1. The number of carbonyl (C=O) groups excluding carboxylic acids is 2. The van der Waals surface area contributed by atoms with Gasteiger partial charge < -0.3 is 14.9 Å². The number of imidazole rings is 1. The number of aromatic nitrogens is 2. The molecule has 4 aliphatic rings. The number of nitrogens with zero attached hydrogens (tertiary/aromatic N) is 5. The number of nitriles is 1. The topological polar surface area (TPSA) is 102 Å². The van der Waals surface area contributed by atoms with Crippen molar-refractivity contribution < 1.29 is 23.5 Å². The molecular weight excluding hydrogens is 463 g/mol. The Morgan fingerprint density at radius 1 is 1.26 bits per heavy atom. The van der Waals surface area contributed by atoms with Crippen LogP contribution in [0, 0.1) is 29.1 Å². The zero-order valence-electron chi connectivity index (χ0n) is 18.3. The van der Waals surface area contributed by atoms with Gasteiger partial charge in [-0.05, 0) is 55.1 Å². The monoisotopic (exact) mass is 487 g/mol. The van der Waals surface area contributed by atoms with Crippen molar-refractivity contribution in [3.8, 4) is 11.9 Å². The zero-order chi connectivity index (χ0) is 23.9. The molecule has 4 fully saturated rings. The van der Waals surface area contributed by atoms with Gasteiger partial charge >= 0.3 is 0 Å². The van der Waals surface area contributed by atoms with Crippen molar-refractivity contribution in [2.45, 2.75) is 43.3 Å². The van der Waals surface area contributed by atoms with E-state index in [-0.39, 0.29) is 53.8 Å². The van der Waals surface area contributed by atoms with Crippen LogP contribution in [0.3, 0.4) is 0 Å². The van der Waals surface area contributed by atoms with Gasteiger partial charge in [-0.25, -0.2) is 4.98 Å². The first-order valence-corrected chi connectivity index (χ1v) is 12.2. The number of halogens is 2. The maximum atomic E-state index is 14.3. The SMILES string of the molecule is N#CC1C2CC(N3CCN(C(=O)c4nc5c(C(F)(F)P)cc(C6CC6)cn5c4O)CC3=O)CC12. The molecule has 0 spiro atoms. The number of piperazine rings is 1. The largest absolute Gasteiger partial charge is 0.492 e. The third kappa shape index (κ3) is 3.36. The standard InChI is InChI=1S/C23H24F2N5O3P/c24-23(25,34)17-5-12(11-1-2-11)9-30-20(17)27-19(22(30)33)21(32)28-3-4-29(18(31)10-28)13-6-14-15(7-13)16(14)8-26/h5,9,11,13-16,33H,1-4,6-7,10,34H2. The van der Waals surface area contributed by atoms with E-state index in [1.807, 2.05) is 0 Å². The lowest BCUT2D eigenvalue weighted by Gasteiger charge is -2.38. The van der Waals surface area contributed by atoms with Crippen LogP contribution < -0.4 is 0 Å². The zero-order valence-corrected chi connectivity index (χ0v) is 19.5. The normalized spacial score (nSPS) is 28.8. The average Bonchev–Trinajstić information content (AvgIpc) is 3.69. The molecule has 2 aromatic heterocycles. The Balaban J connectivity index is 1.23. The molecule has 2 amide bonds.